The van der Waals surface area contributed by atoms with Crippen molar-refractivity contribution in [2.45, 2.75) is 0 Å². The first-order chi connectivity index (χ1) is 12.4. The molecular weight excluding hydrogens is 400 g/mol. The molecule has 0 atom stereocenters. The highest BCUT2D eigenvalue weighted by Gasteiger charge is 2.14. The fraction of sp³-hybridized carbons (Fsp3) is 0.167. The largest absolute Gasteiger partial charge is 0.325 e. The SMILES string of the molecule is CN(CC(=O)NC(=O)Nc1ccccc1)CC(=O)Nc1ccccc1Br. The Bertz CT molecular complexity index is 783. The molecule has 0 saturated heterocycles. The Kier molecular flexibility index (Phi) is 7.31. The lowest BCUT2D eigenvalue weighted by Gasteiger charge is -2.16. The molecule has 8 heteroatoms. The molecular formula is C18H19BrN4O3. The van der Waals surface area contributed by atoms with E-state index in [2.05, 4.69) is 31.9 Å². The first-order valence-corrected chi connectivity index (χ1v) is 8.62. The van der Waals surface area contributed by atoms with Crippen LogP contribution in [0, 0.1) is 0 Å². The van der Waals surface area contributed by atoms with Crippen molar-refractivity contribution in [1.29, 1.82) is 0 Å². The van der Waals surface area contributed by atoms with Crippen molar-refractivity contribution in [3.05, 3.63) is 59.1 Å². The molecule has 0 aliphatic carbocycles. The van der Waals surface area contributed by atoms with Crippen LogP contribution in [-0.4, -0.2) is 42.9 Å². The van der Waals surface area contributed by atoms with E-state index in [1.54, 1.807) is 37.4 Å². The number of anilines is 2. The number of hydrogen-bond donors (Lipinski definition) is 3. The van der Waals surface area contributed by atoms with E-state index in [0.717, 1.165) is 4.47 Å². The average Bonchev–Trinajstić information content (AvgIpc) is 2.57. The average molecular weight is 419 g/mol. The maximum absolute atomic E-state index is 12.0. The van der Waals surface area contributed by atoms with Gasteiger partial charge in [0.25, 0.3) is 0 Å². The van der Waals surface area contributed by atoms with Gasteiger partial charge in [0.1, 0.15) is 0 Å². The van der Waals surface area contributed by atoms with Crippen molar-refractivity contribution in [2.75, 3.05) is 30.8 Å². The molecule has 0 unspecified atom stereocenters. The number of nitrogens with zero attached hydrogens (tertiary/aromatic N) is 1. The third-order valence-corrected chi connectivity index (χ3v) is 3.95. The van der Waals surface area contributed by atoms with Crippen LogP contribution in [-0.2, 0) is 9.59 Å². The number of rotatable bonds is 6. The van der Waals surface area contributed by atoms with Crippen LogP contribution in [0.25, 0.3) is 0 Å². The number of hydrogen-bond acceptors (Lipinski definition) is 4. The number of carbonyl (C=O) groups is 3. The van der Waals surface area contributed by atoms with Crippen LogP contribution in [0.4, 0.5) is 16.2 Å². The highest BCUT2D eigenvalue weighted by Crippen LogP contribution is 2.20. The lowest BCUT2D eigenvalue weighted by molar-refractivity contribution is -0.121. The van der Waals surface area contributed by atoms with Gasteiger partial charge in [-0.2, -0.15) is 0 Å². The summed E-state index contributed by atoms with van der Waals surface area (Å²) in [6.07, 6.45) is 0. The van der Waals surface area contributed by atoms with E-state index >= 15 is 0 Å². The van der Waals surface area contributed by atoms with Crippen molar-refractivity contribution in [3.63, 3.8) is 0 Å². The van der Waals surface area contributed by atoms with Crippen molar-refractivity contribution in [3.8, 4) is 0 Å². The number of para-hydroxylation sites is 2. The van der Waals surface area contributed by atoms with Crippen LogP contribution in [0.2, 0.25) is 0 Å². The first-order valence-electron chi connectivity index (χ1n) is 7.83. The number of benzene rings is 2. The van der Waals surface area contributed by atoms with E-state index in [9.17, 15) is 14.4 Å². The Morgan fingerprint density at radius 1 is 0.885 bits per heavy atom. The lowest BCUT2D eigenvalue weighted by Crippen LogP contribution is -2.42. The summed E-state index contributed by atoms with van der Waals surface area (Å²) in [5, 5.41) is 7.52. The molecule has 136 valence electrons. The van der Waals surface area contributed by atoms with Gasteiger partial charge in [-0.05, 0) is 47.2 Å². The molecule has 0 radical (unpaired) electrons. The molecule has 2 aromatic rings. The molecule has 0 heterocycles. The van der Waals surface area contributed by atoms with Gasteiger partial charge >= 0.3 is 6.03 Å². The van der Waals surface area contributed by atoms with Crippen molar-refractivity contribution in [1.82, 2.24) is 10.2 Å². The quantitative estimate of drug-likeness (QED) is 0.672. The van der Waals surface area contributed by atoms with Crippen LogP contribution in [0.3, 0.4) is 0 Å². The Labute approximate surface area is 159 Å². The smallest absolute Gasteiger partial charge is 0.324 e. The third-order valence-electron chi connectivity index (χ3n) is 3.26. The van der Waals surface area contributed by atoms with Gasteiger partial charge in [-0.15, -0.1) is 0 Å². The number of nitrogens with one attached hydrogen (secondary N) is 3. The summed E-state index contributed by atoms with van der Waals surface area (Å²) >= 11 is 3.35. The highest BCUT2D eigenvalue weighted by atomic mass is 79.9. The summed E-state index contributed by atoms with van der Waals surface area (Å²) in [4.78, 5) is 37.2. The van der Waals surface area contributed by atoms with Crippen molar-refractivity contribution in [2.24, 2.45) is 0 Å². The minimum atomic E-state index is -0.618. The fourth-order valence-corrected chi connectivity index (χ4v) is 2.53. The van der Waals surface area contributed by atoms with E-state index in [-0.39, 0.29) is 19.0 Å². The Morgan fingerprint density at radius 3 is 2.19 bits per heavy atom. The zero-order valence-corrected chi connectivity index (χ0v) is 15.7. The minimum Gasteiger partial charge on any atom is -0.324 e. The number of likely N-dealkylation sites (N-methyl/N-ethyl adjacent to an activating group) is 1. The molecule has 4 amide bonds. The van der Waals surface area contributed by atoms with E-state index in [1.165, 1.54) is 4.90 Å². The third kappa shape index (κ3) is 6.66. The molecule has 26 heavy (non-hydrogen) atoms. The second-order valence-corrected chi connectivity index (χ2v) is 6.42. The second kappa shape index (κ2) is 9.69. The van der Waals surface area contributed by atoms with Gasteiger partial charge in [-0.1, -0.05) is 30.3 Å². The van der Waals surface area contributed by atoms with Gasteiger partial charge in [0, 0.05) is 10.2 Å². The maximum atomic E-state index is 12.0. The molecule has 2 rings (SSSR count). The topological polar surface area (TPSA) is 90.5 Å². The predicted molar refractivity (Wildman–Crippen MR) is 104 cm³/mol. The van der Waals surface area contributed by atoms with E-state index < -0.39 is 11.9 Å². The molecule has 0 aliphatic heterocycles. The zero-order valence-electron chi connectivity index (χ0n) is 14.2. The Morgan fingerprint density at radius 2 is 1.50 bits per heavy atom. The normalized spacial score (nSPS) is 10.3. The van der Waals surface area contributed by atoms with E-state index in [0.29, 0.717) is 11.4 Å². The van der Waals surface area contributed by atoms with Gasteiger partial charge < -0.3 is 10.6 Å². The number of carbonyl (C=O) groups excluding carboxylic acids is 3. The molecule has 7 nitrogen and oxygen atoms in total. The van der Waals surface area contributed by atoms with Crippen molar-refractivity contribution < 1.29 is 14.4 Å². The molecule has 0 bridgehead atoms. The van der Waals surface area contributed by atoms with Gasteiger partial charge in [0.05, 0.1) is 18.8 Å². The summed E-state index contributed by atoms with van der Waals surface area (Å²) in [6, 6.07) is 15.4. The van der Waals surface area contributed by atoms with Crippen LogP contribution >= 0.6 is 15.9 Å². The van der Waals surface area contributed by atoms with Crippen LogP contribution in [0.1, 0.15) is 0 Å². The summed E-state index contributed by atoms with van der Waals surface area (Å²) < 4.78 is 0.770. The lowest BCUT2D eigenvalue weighted by atomic mass is 10.3. The number of urea groups is 1. The van der Waals surface area contributed by atoms with Gasteiger partial charge in [-0.3, -0.25) is 19.8 Å². The zero-order chi connectivity index (χ0) is 18.9. The van der Waals surface area contributed by atoms with Crippen LogP contribution < -0.4 is 16.0 Å². The molecule has 0 saturated carbocycles. The molecule has 0 fully saturated rings. The summed E-state index contributed by atoms with van der Waals surface area (Å²) in [7, 11) is 1.62. The molecule has 0 aromatic heterocycles. The van der Waals surface area contributed by atoms with Crippen molar-refractivity contribution >= 4 is 45.2 Å². The van der Waals surface area contributed by atoms with E-state index in [1.807, 2.05) is 24.3 Å². The fourth-order valence-electron chi connectivity index (χ4n) is 2.15. The van der Waals surface area contributed by atoms with E-state index in [4.69, 9.17) is 0 Å². The molecule has 3 N–H and O–H groups in total. The Balaban J connectivity index is 1.75. The van der Waals surface area contributed by atoms with Gasteiger partial charge in [-0.25, -0.2) is 4.79 Å². The minimum absolute atomic E-state index is 0.00899. The van der Waals surface area contributed by atoms with Gasteiger partial charge in [0.2, 0.25) is 11.8 Å². The van der Waals surface area contributed by atoms with Crippen LogP contribution in [0.5, 0.6) is 0 Å². The van der Waals surface area contributed by atoms with Crippen LogP contribution in [0.15, 0.2) is 59.1 Å². The molecule has 0 aliphatic rings. The molecule has 0 spiro atoms. The second-order valence-electron chi connectivity index (χ2n) is 5.57. The molecule has 2 aromatic carbocycles. The first kappa shape index (κ1) is 19.6. The van der Waals surface area contributed by atoms with Gasteiger partial charge in [0.15, 0.2) is 0 Å². The monoisotopic (exact) mass is 418 g/mol. The Hall–Kier alpha value is -2.71. The number of amides is 4. The summed E-state index contributed by atoms with van der Waals surface area (Å²) in [5.41, 5.74) is 1.23. The standard InChI is InChI=1S/C18H19BrN4O3/c1-23(11-16(24)21-15-10-6-5-9-14(15)19)12-17(25)22-18(26)20-13-7-3-2-4-8-13/h2-10H,11-12H2,1H3,(H,21,24)(H2,20,22,25,26). The predicted octanol–water partition coefficient (Wildman–Crippen LogP) is 2.67. The highest BCUT2D eigenvalue weighted by molar-refractivity contribution is 9.10. The number of halogens is 1. The summed E-state index contributed by atoms with van der Waals surface area (Å²) in [5.74, 6) is -0.768. The summed E-state index contributed by atoms with van der Waals surface area (Å²) in [6.45, 7) is -0.0827. The maximum Gasteiger partial charge on any atom is 0.325 e. The number of imide groups is 1.